The van der Waals surface area contributed by atoms with Gasteiger partial charge in [-0.2, -0.15) is 5.10 Å². The van der Waals surface area contributed by atoms with E-state index in [0.717, 1.165) is 5.56 Å². The van der Waals surface area contributed by atoms with E-state index in [1.807, 2.05) is 12.3 Å². The highest BCUT2D eigenvalue weighted by molar-refractivity contribution is 6.01. The van der Waals surface area contributed by atoms with Gasteiger partial charge in [-0.25, -0.2) is 18.3 Å². The lowest BCUT2D eigenvalue weighted by molar-refractivity contribution is -0.118. The largest absolute Gasteiger partial charge is 0.337 e. The number of hydrogen-bond donors (Lipinski definition) is 2. The second-order valence-corrected chi connectivity index (χ2v) is 7.49. The van der Waals surface area contributed by atoms with Crippen LogP contribution in [0, 0.1) is 11.6 Å². The molecule has 1 atom stereocenters. The molecule has 0 saturated carbocycles. The van der Waals surface area contributed by atoms with Crippen molar-refractivity contribution in [3.05, 3.63) is 65.7 Å². The van der Waals surface area contributed by atoms with Gasteiger partial charge in [0.1, 0.15) is 17.7 Å². The van der Waals surface area contributed by atoms with Crippen LogP contribution in [0.1, 0.15) is 22.6 Å². The molecule has 11 heteroatoms. The van der Waals surface area contributed by atoms with Gasteiger partial charge in [-0.3, -0.25) is 14.3 Å². The van der Waals surface area contributed by atoms with E-state index in [1.165, 1.54) is 10.6 Å². The SMILES string of the molecule is Cn1cc(-c2cccc3nc(C(=O)NC4CCc5cc(F)cc(F)c5NC4=O)nn23)cn1. The predicted octanol–water partition coefficient (Wildman–Crippen LogP) is 2.09. The molecule has 162 valence electrons. The predicted molar refractivity (Wildman–Crippen MR) is 110 cm³/mol. The minimum atomic E-state index is -0.957. The normalized spacial score (nSPS) is 15.8. The van der Waals surface area contributed by atoms with Crippen molar-refractivity contribution in [3.63, 3.8) is 0 Å². The molecule has 0 aliphatic carbocycles. The molecule has 32 heavy (non-hydrogen) atoms. The Hall–Kier alpha value is -4.15. The number of fused-ring (bicyclic) bond motifs is 2. The number of amides is 2. The van der Waals surface area contributed by atoms with Crippen LogP contribution in [-0.4, -0.2) is 42.2 Å². The molecule has 0 saturated heterocycles. The first-order valence-electron chi connectivity index (χ1n) is 9.83. The third-order valence-electron chi connectivity index (χ3n) is 5.27. The zero-order valence-electron chi connectivity index (χ0n) is 16.8. The summed E-state index contributed by atoms with van der Waals surface area (Å²) in [6.07, 6.45) is 3.86. The summed E-state index contributed by atoms with van der Waals surface area (Å²) in [7, 11) is 1.79. The van der Waals surface area contributed by atoms with Crippen LogP contribution in [0.3, 0.4) is 0 Å². The average Bonchev–Trinajstić information content (AvgIpc) is 3.35. The lowest BCUT2D eigenvalue weighted by Crippen LogP contribution is -2.43. The van der Waals surface area contributed by atoms with Crippen molar-refractivity contribution in [2.45, 2.75) is 18.9 Å². The Kier molecular flexibility index (Phi) is 4.65. The molecule has 1 aromatic carbocycles. The molecule has 0 fully saturated rings. The van der Waals surface area contributed by atoms with E-state index in [0.29, 0.717) is 23.0 Å². The molecular weight excluding hydrogens is 420 g/mol. The Morgan fingerprint density at radius 2 is 2.12 bits per heavy atom. The van der Waals surface area contributed by atoms with Crippen LogP contribution in [0.25, 0.3) is 16.9 Å². The number of nitrogens with zero attached hydrogens (tertiary/aromatic N) is 5. The molecule has 1 aliphatic heterocycles. The molecule has 1 aliphatic rings. The van der Waals surface area contributed by atoms with Crippen LogP contribution in [0.4, 0.5) is 14.5 Å². The van der Waals surface area contributed by atoms with Gasteiger partial charge in [0, 0.05) is 24.9 Å². The summed E-state index contributed by atoms with van der Waals surface area (Å²) in [5.74, 6) is -2.94. The number of pyridine rings is 1. The van der Waals surface area contributed by atoms with Gasteiger partial charge in [0.25, 0.3) is 5.91 Å². The number of aromatic nitrogens is 5. The highest BCUT2D eigenvalue weighted by atomic mass is 19.1. The van der Waals surface area contributed by atoms with E-state index in [1.54, 1.807) is 30.1 Å². The zero-order valence-corrected chi connectivity index (χ0v) is 16.8. The maximum Gasteiger partial charge on any atom is 0.291 e. The van der Waals surface area contributed by atoms with Crippen molar-refractivity contribution in [2.75, 3.05) is 5.32 Å². The van der Waals surface area contributed by atoms with E-state index in [4.69, 9.17) is 0 Å². The third-order valence-corrected chi connectivity index (χ3v) is 5.27. The van der Waals surface area contributed by atoms with Gasteiger partial charge in [0.05, 0.1) is 17.6 Å². The standard InChI is InChI=1S/C21H17F2N7O2/c1-29-10-12(9-24-29)16-3-2-4-17-26-19(28-30(16)17)21(32)25-15-6-5-11-7-13(22)8-14(23)18(11)27-20(15)31/h2-4,7-10,15H,5-6H2,1H3,(H,25,32)(H,27,31). The molecule has 2 amide bonds. The van der Waals surface area contributed by atoms with E-state index in [2.05, 4.69) is 25.8 Å². The van der Waals surface area contributed by atoms with E-state index >= 15 is 0 Å². The summed E-state index contributed by atoms with van der Waals surface area (Å²) in [4.78, 5) is 29.6. The van der Waals surface area contributed by atoms with E-state index in [9.17, 15) is 18.4 Å². The van der Waals surface area contributed by atoms with Crippen molar-refractivity contribution in [1.82, 2.24) is 29.7 Å². The molecule has 9 nitrogen and oxygen atoms in total. The summed E-state index contributed by atoms with van der Waals surface area (Å²) < 4.78 is 30.8. The number of benzene rings is 1. The van der Waals surface area contributed by atoms with Gasteiger partial charge in [-0.05, 0) is 36.6 Å². The summed E-state index contributed by atoms with van der Waals surface area (Å²) in [5.41, 5.74) is 2.21. The van der Waals surface area contributed by atoms with E-state index < -0.39 is 29.5 Å². The summed E-state index contributed by atoms with van der Waals surface area (Å²) >= 11 is 0. The summed E-state index contributed by atoms with van der Waals surface area (Å²) in [5, 5.41) is 13.5. The number of nitrogens with one attached hydrogen (secondary N) is 2. The van der Waals surface area contributed by atoms with Crippen LogP contribution >= 0.6 is 0 Å². The molecule has 0 radical (unpaired) electrons. The first kappa shape index (κ1) is 19.8. The Morgan fingerprint density at radius 1 is 1.28 bits per heavy atom. The van der Waals surface area contributed by atoms with Crippen molar-refractivity contribution >= 4 is 23.1 Å². The number of halogens is 2. The lowest BCUT2D eigenvalue weighted by Gasteiger charge is -2.14. The van der Waals surface area contributed by atoms with Crippen molar-refractivity contribution < 1.29 is 18.4 Å². The number of anilines is 1. The molecule has 0 spiro atoms. The zero-order chi connectivity index (χ0) is 22.4. The highest BCUT2D eigenvalue weighted by Gasteiger charge is 2.28. The first-order chi connectivity index (χ1) is 15.4. The smallest absolute Gasteiger partial charge is 0.291 e. The molecule has 2 N–H and O–H groups in total. The Balaban J connectivity index is 1.39. The second kappa shape index (κ2) is 7.52. The summed E-state index contributed by atoms with van der Waals surface area (Å²) in [6.45, 7) is 0. The molecule has 1 unspecified atom stereocenters. The first-order valence-corrected chi connectivity index (χ1v) is 9.83. The van der Waals surface area contributed by atoms with Gasteiger partial charge >= 0.3 is 0 Å². The number of hydrogen-bond acceptors (Lipinski definition) is 5. The van der Waals surface area contributed by atoms with Gasteiger partial charge in [-0.15, -0.1) is 5.10 Å². The highest BCUT2D eigenvalue weighted by Crippen LogP contribution is 2.26. The second-order valence-electron chi connectivity index (χ2n) is 7.49. The molecule has 3 aromatic heterocycles. The van der Waals surface area contributed by atoms with Crippen molar-refractivity contribution in [3.8, 4) is 11.3 Å². The van der Waals surface area contributed by atoms with Gasteiger partial charge in [0.15, 0.2) is 5.65 Å². The Bertz CT molecular complexity index is 1380. The number of rotatable bonds is 3. The van der Waals surface area contributed by atoms with Gasteiger partial charge in [0.2, 0.25) is 11.7 Å². The Morgan fingerprint density at radius 3 is 2.91 bits per heavy atom. The third kappa shape index (κ3) is 3.47. The molecule has 5 rings (SSSR count). The quantitative estimate of drug-likeness (QED) is 0.511. The molecule has 0 bridgehead atoms. The van der Waals surface area contributed by atoms with E-state index in [-0.39, 0.29) is 24.4 Å². The minimum absolute atomic E-state index is 0.0693. The van der Waals surface area contributed by atoms with Gasteiger partial charge < -0.3 is 10.6 Å². The fourth-order valence-corrected chi connectivity index (χ4v) is 3.74. The number of aryl methyl sites for hydroxylation is 2. The lowest BCUT2D eigenvalue weighted by atomic mass is 10.1. The van der Waals surface area contributed by atoms with Crippen LogP contribution in [-0.2, 0) is 18.3 Å². The number of carbonyl (C=O) groups excluding carboxylic acids is 2. The van der Waals surface area contributed by atoms with Crippen molar-refractivity contribution in [2.24, 2.45) is 7.05 Å². The monoisotopic (exact) mass is 437 g/mol. The molecule has 4 heterocycles. The van der Waals surface area contributed by atoms with Crippen molar-refractivity contribution in [1.29, 1.82) is 0 Å². The van der Waals surface area contributed by atoms with Crippen LogP contribution < -0.4 is 10.6 Å². The van der Waals surface area contributed by atoms with Crippen LogP contribution in [0.15, 0.2) is 42.7 Å². The molecular formula is C21H17F2N7O2. The fraction of sp³-hybridized carbons (Fsp3) is 0.190. The number of carbonyl (C=O) groups is 2. The van der Waals surface area contributed by atoms with Gasteiger partial charge in [-0.1, -0.05) is 6.07 Å². The average molecular weight is 437 g/mol. The topological polar surface area (TPSA) is 106 Å². The van der Waals surface area contributed by atoms with Crippen LogP contribution in [0.2, 0.25) is 0 Å². The van der Waals surface area contributed by atoms with Crippen LogP contribution in [0.5, 0.6) is 0 Å². The maximum atomic E-state index is 14.1. The summed E-state index contributed by atoms with van der Waals surface area (Å²) in [6, 6.07) is 6.24. The fourth-order valence-electron chi connectivity index (χ4n) is 3.74. The maximum absolute atomic E-state index is 14.1. The molecule has 4 aromatic rings. The Labute approximate surface area is 180 Å². The minimum Gasteiger partial charge on any atom is -0.337 e.